The molecule has 110 valence electrons. The molecule has 0 aliphatic rings. The van der Waals surface area contributed by atoms with Gasteiger partial charge in [0.2, 0.25) is 5.91 Å². The first-order chi connectivity index (χ1) is 9.42. The number of nitrogens with zero attached hydrogens (tertiary/aromatic N) is 2. The van der Waals surface area contributed by atoms with Gasteiger partial charge in [0.05, 0.1) is 12.1 Å². The fourth-order valence-electron chi connectivity index (χ4n) is 2.02. The summed E-state index contributed by atoms with van der Waals surface area (Å²) in [6.07, 6.45) is 0. The predicted molar refractivity (Wildman–Crippen MR) is 80.5 cm³/mol. The van der Waals surface area contributed by atoms with Crippen LogP contribution < -0.4 is 5.73 Å². The average Bonchev–Trinajstić information content (AvgIpc) is 2.42. The summed E-state index contributed by atoms with van der Waals surface area (Å²) in [5.41, 5.74) is 7.70. The van der Waals surface area contributed by atoms with Crippen molar-refractivity contribution in [3.05, 3.63) is 29.3 Å². The number of carbonyl (C=O) groups excluding carboxylic acids is 2. The van der Waals surface area contributed by atoms with Crippen molar-refractivity contribution in [2.24, 2.45) is 0 Å². The summed E-state index contributed by atoms with van der Waals surface area (Å²) in [7, 11) is 1.62. The van der Waals surface area contributed by atoms with Crippen molar-refractivity contribution in [3.8, 4) is 0 Å². The molecule has 0 aliphatic heterocycles. The SMILES string of the molecule is CCN(CC)C(=O)CN(C)C(=O)c1cccc(C)c1N. The molecule has 0 fully saturated rings. The van der Waals surface area contributed by atoms with Crippen molar-refractivity contribution < 1.29 is 9.59 Å². The minimum Gasteiger partial charge on any atom is -0.398 e. The topological polar surface area (TPSA) is 66.6 Å². The lowest BCUT2D eigenvalue weighted by molar-refractivity contribution is -0.131. The Balaban J connectivity index is 2.82. The second-order valence-electron chi connectivity index (χ2n) is 4.76. The zero-order valence-corrected chi connectivity index (χ0v) is 12.6. The summed E-state index contributed by atoms with van der Waals surface area (Å²) in [6, 6.07) is 5.33. The minimum atomic E-state index is -0.230. The molecular formula is C15H23N3O2. The zero-order chi connectivity index (χ0) is 15.3. The minimum absolute atomic E-state index is 0.0583. The normalized spacial score (nSPS) is 10.2. The number of anilines is 1. The Bertz CT molecular complexity index is 496. The second kappa shape index (κ2) is 6.93. The monoisotopic (exact) mass is 277 g/mol. The van der Waals surface area contributed by atoms with Gasteiger partial charge in [-0.15, -0.1) is 0 Å². The van der Waals surface area contributed by atoms with Crippen molar-refractivity contribution >= 4 is 17.5 Å². The molecule has 2 N–H and O–H groups in total. The molecule has 5 heteroatoms. The quantitative estimate of drug-likeness (QED) is 0.830. The fraction of sp³-hybridized carbons (Fsp3) is 0.467. The van der Waals surface area contributed by atoms with E-state index in [4.69, 9.17) is 5.73 Å². The number of nitrogens with two attached hydrogens (primary N) is 1. The standard InChI is InChI=1S/C15H23N3O2/c1-5-18(6-2)13(19)10-17(4)15(20)12-9-7-8-11(3)14(12)16/h7-9H,5-6,10,16H2,1-4H3. The number of hydrogen-bond donors (Lipinski definition) is 1. The first kappa shape index (κ1) is 16.0. The number of carbonyl (C=O) groups is 2. The van der Waals surface area contributed by atoms with E-state index in [-0.39, 0.29) is 18.4 Å². The number of hydrogen-bond acceptors (Lipinski definition) is 3. The number of nitrogen functional groups attached to an aromatic ring is 1. The Morgan fingerprint density at radius 2 is 1.80 bits per heavy atom. The number of aryl methyl sites for hydroxylation is 1. The largest absolute Gasteiger partial charge is 0.398 e. The van der Waals surface area contributed by atoms with Crippen LogP contribution >= 0.6 is 0 Å². The summed E-state index contributed by atoms with van der Waals surface area (Å²) in [5, 5.41) is 0. The van der Waals surface area contributed by atoms with Gasteiger partial charge < -0.3 is 15.5 Å². The van der Waals surface area contributed by atoms with Gasteiger partial charge in [-0.1, -0.05) is 12.1 Å². The van der Waals surface area contributed by atoms with Crippen LogP contribution in [0, 0.1) is 6.92 Å². The van der Waals surface area contributed by atoms with E-state index < -0.39 is 0 Å². The molecule has 1 aromatic carbocycles. The van der Waals surface area contributed by atoms with E-state index >= 15 is 0 Å². The summed E-state index contributed by atoms with van der Waals surface area (Å²) < 4.78 is 0. The van der Waals surface area contributed by atoms with Gasteiger partial charge in [-0.2, -0.15) is 0 Å². The molecule has 0 unspecified atom stereocenters. The van der Waals surface area contributed by atoms with Crippen LogP contribution in [0.4, 0.5) is 5.69 Å². The third-order valence-corrected chi connectivity index (χ3v) is 3.39. The molecule has 0 atom stereocenters. The maximum absolute atomic E-state index is 12.3. The molecule has 0 heterocycles. The molecular weight excluding hydrogens is 254 g/mol. The lowest BCUT2D eigenvalue weighted by atomic mass is 10.1. The smallest absolute Gasteiger partial charge is 0.256 e. The fourth-order valence-corrected chi connectivity index (χ4v) is 2.02. The summed E-state index contributed by atoms with van der Waals surface area (Å²) >= 11 is 0. The molecule has 0 spiro atoms. The number of benzene rings is 1. The highest BCUT2D eigenvalue weighted by Crippen LogP contribution is 2.17. The van der Waals surface area contributed by atoms with Gasteiger partial charge in [-0.3, -0.25) is 9.59 Å². The van der Waals surface area contributed by atoms with E-state index in [1.807, 2.05) is 26.8 Å². The molecule has 0 bridgehead atoms. The Morgan fingerprint density at radius 1 is 1.20 bits per heavy atom. The summed E-state index contributed by atoms with van der Waals surface area (Å²) in [6.45, 7) is 7.04. The lowest BCUT2D eigenvalue weighted by Gasteiger charge is -2.23. The predicted octanol–water partition coefficient (Wildman–Crippen LogP) is 1.52. The van der Waals surface area contributed by atoms with Gasteiger partial charge in [0, 0.05) is 25.8 Å². The van der Waals surface area contributed by atoms with Crippen LogP contribution in [0.3, 0.4) is 0 Å². The highest BCUT2D eigenvalue weighted by molar-refractivity contribution is 6.01. The molecule has 0 aromatic heterocycles. The average molecular weight is 277 g/mol. The molecule has 0 saturated heterocycles. The molecule has 0 aliphatic carbocycles. The number of para-hydroxylation sites is 1. The molecule has 5 nitrogen and oxygen atoms in total. The van der Waals surface area contributed by atoms with E-state index in [1.54, 1.807) is 24.1 Å². The van der Waals surface area contributed by atoms with E-state index in [9.17, 15) is 9.59 Å². The van der Waals surface area contributed by atoms with Crippen LogP contribution in [-0.4, -0.2) is 48.3 Å². The number of amides is 2. The number of rotatable bonds is 5. The highest BCUT2D eigenvalue weighted by Gasteiger charge is 2.19. The second-order valence-corrected chi connectivity index (χ2v) is 4.76. The van der Waals surface area contributed by atoms with Crippen LogP contribution in [-0.2, 0) is 4.79 Å². The van der Waals surface area contributed by atoms with Crippen molar-refractivity contribution in [2.45, 2.75) is 20.8 Å². The molecule has 0 saturated carbocycles. The molecule has 2 amide bonds. The first-order valence-electron chi connectivity index (χ1n) is 6.80. The third-order valence-electron chi connectivity index (χ3n) is 3.39. The Hall–Kier alpha value is -2.04. The summed E-state index contributed by atoms with van der Waals surface area (Å²) in [4.78, 5) is 27.4. The van der Waals surface area contributed by atoms with Crippen molar-refractivity contribution in [2.75, 3.05) is 32.4 Å². The lowest BCUT2D eigenvalue weighted by Crippen LogP contribution is -2.41. The van der Waals surface area contributed by atoms with Gasteiger partial charge >= 0.3 is 0 Å². The van der Waals surface area contributed by atoms with Crippen LogP contribution in [0.25, 0.3) is 0 Å². The molecule has 1 aromatic rings. The van der Waals surface area contributed by atoms with Crippen LogP contribution in [0.15, 0.2) is 18.2 Å². The van der Waals surface area contributed by atoms with E-state index in [0.717, 1.165) is 5.56 Å². The molecule has 20 heavy (non-hydrogen) atoms. The Morgan fingerprint density at radius 3 is 2.35 bits per heavy atom. The Kier molecular flexibility index (Phi) is 5.55. The van der Waals surface area contributed by atoms with Gasteiger partial charge in [-0.25, -0.2) is 0 Å². The molecule has 1 rings (SSSR count). The third kappa shape index (κ3) is 3.50. The summed E-state index contributed by atoms with van der Waals surface area (Å²) in [5.74, 6) is -0.288. The van der Waals surface area contributed by atoms with Crippen LogP contribution in [0.1, 0.15) is 29.8 Å². The van der Waals surface area contributed by atoms with Gasteiger partial charge in [-0.05, 0) is 32.4 Å². The van der Waals surface area contributed by atoms with Gasteiger partial charge in [0.15, 0.2) is 0 Å². The van der Waals surface area contributed by atoms with Gasteiger partial charge in [0.1, 0.15) is 0 Å². The maximum atomic E-state index is 12.3. The van der Waals surface area contributed by atoms with Crippen LogP contribution in [0.2, 0.25) is 0 Å². The van der Waals surface area contributed by atoms with E-state index in [1.165, 1.54) is 4.90 Å². The zero-order valence-electron chi connectivity index (χ0n) is 12.6. The first-order valence-corrected chi connectivity index (χ1v) is 6.80. The highest BCUT2D eigenvalue weighted by atomic mass is 16.2. The Labute approximate surface area is 120 Å². The van der Waals surface area contributed by atoms with Crippen molar-refractivity contribution in [1.82, 2.24) is 9.80 Å². The number of likely N-dealkylation sites (N-methyl/N-ethyl adjacent to an activating group) is 2. The van der Waals surface area contributed by atoms with Crippen molar-refractivity contribution in [3.63, 3.8) is 0 Å². The van der Waals surface area contributed by atoms with E-state index in [0.29, 0.717) is 24.3 Å². The van der Waals surface area contributed by atoms with Crippen LogP contribution in [0.5, 0.6) is 0 Å². The maximum Gasteiger partial charge on any atom is 0.256 e. The molecule has 0 radical (unpaired) electrons. The van der Waals surface area contributed by atoms with Crippen molar-refractivity contribution in [1.29, 1.82) is 0 Å². The van der Waals surface area contributed by atoms with Gasteiger partial charge in [0.25, 0.3) is 5.91 Å². The van der Waals surface area contributed by atoms with E-state index in [2.05, 4.69) is 0 Å².